The number of carbonyl (C=O) groups excluding carboxylic acids is 1. The third-order valence-corrected chi connectivity index (χ3v) is 4.51. The maximum atomic E-state index is 12.8. The molecule has 5 heteroatoms. The van der Waals surface area contributed by atoms with Crippen LogP contribution in [0.15, 0.2) is 36.7 Å². The van der Waals surface area contributed by atoms with Gasteiger partial charge in [0.05, 0.1) is 11.9 Å². The van der Waals surface area contributed by atoms with E-state index in [9.17, 15) is 4.79 Å². The number of piperidine rings is 1. The van der Waals surface area contributed by atoms with Crippen molar-refractivity contribution in [3.8, 4) is 5.69 Å². The number of rotatable bonds is 3. The zero-order valence-corrected chi connectivity index (χ0v) is 13.8. The third kappa shape index (κ3) is 3.29. The van der Waals surface area contributed by atoms with E-state index in [1.807, 2.05) is 60.1 Å². The van der Waals surface area contributed by atoms with Crippen LogP contribution in [0.3, 0.4) is 0 Å². The molecule has 1 fully saturated rings. The van der Waals surface area contributed by atoms with Crippen LogP contribution in [0.5, 0.6) is 0 Å². The van der Waals surface area contributed by atoms with Gasteiger partial charge in [0.1, 0.15) is 0 Å². The molecule has 0 unspecified atom stereocenters. The number of benzene rings is 1. The molecule has 1 aromatic carbocycles. The predicted octanol–water partition coefficient (Wildman–Crippen LogP) is 2.52. The van der Waals surface area contributed by atoms with Crippen LogP contribution < -0.4 is 5.73 Å². The quantitative estimate of drug-likeness (QED) is 0.947. The van der Waals surface area contributed by atoms with Crippen LogP contribution in [-0.2, 0) is 0 Å². The summed E-state index contributed by atoms with van der Waals surface area (Å²) < 4.78 is 1.81. The van der Waals surface area contributed by atoms with E-state index in [4.69, 9.17) is 5.73 Å². The second-order valence-electron chi connectivity index (χ2n) is 6.43. The fourth-order valence-electron chi connectivity index (χ4n) is 3.23. The van der Waals surface area contributed by atoms with Crippen molar-refractivity contribution >= 4 is 5.91 Å². The molecule has 3 rings (SSSR count). The summed E-state index contributed by atoms with van der Waals surface area (Å²) in [6.45, 7) is 4.79. The van der Waals surface area contributed by atoms with Gasteiger partial charge in [-0.2, -0.15) is 5.10 Å². The van der Waals surface area contributed by atoms with Gasteiger partial charge in [-0.3, -0.25) is 4.79 Å². The van der Waals surface area contributed by atoms with E-state index >= 15 is 0 Å². The number of carbonyl (C=O) groups is 1. The van der Waals surface area contributed by atoms with Gasteiger partial charge in [0.25, 0.3) is 5.91 Å². The molecule has 0 aliphatic carbocycles. The summed E-state index contributed by atoms with van der Waals surface area (Å²) in [6, 6.07) is 7.77. The van der Waals surface area contributed by atoms with Gasteiger partial charge in [0, 0.05) is 30.4 Å². The minimum absolute atomic E-state index is 0.00516. The predicted molar refractivity (Wildman–Crippen MR) is 90.6 cm³/mol. The Hall–Kier alpha value is -2.14. The lowest BCUT2D eigenvalue weighted by molar-refractivity contribution is 0.0584. The van der Waals surface area contributed by atoms with Crippen molar-refractivity contribution in [3.63, 3.8) is 0 Å². The highest BCUT2D eigenvalue weighted by Crippen LogP contribution is 2.22. The van der Waals surface area contributed by atoms with Crippen molar-refractivity contribution < 1.29 is 4.79 Å². The Morgan fingerprint density at radius 3 is 2.65 bits per heavy atom. The molecule has 2 N–H and O–H groups in total. The van der Waals surface area contributed by atoms with Crippen LogP contribution in [0, 0.1) is 6.92 Å². The molecule has 1 aromatic heterocycles. The van der Waals surface area contributed by atoms with E-state index in [0.717, 1.165) is 37.1 Å². The Balaban J connectivity index is 1.79. The fourth-order valence-corrected chi connectivity index (χ4v) is 3.23. The minimum atomic E-state index is 0.00516. The average Bonchev–Trinajstić information content (AvgIpc) is 3.01. The molecule has 0 radical (unpaired) electrons. The van der Waals surface area contributed by atoms with E-state index in [2.05, 4.69) is 5.10 Å². The summed E-state index contributed by atoms with van der Waals surface area (Å²) in [5.74, 6) is 0.0789. The number of aromatic nitrogens is 2. The summed E-state index contributed by atoms with van der Waals surface area (Å²) in [6.07, 6.45) is 6.98. The molecule has 0 saturated carbocycles. The highest BCUT2D eigenvalue weighted by molar-refractivity contribution is 5.94. The van der Waals surface area contributed by atoms with Gasteiger partial charge < -0.3 is 10.6 Å². The Morgan fingerprint density at radius 1 is 1.30 bits per heavy atom. The van der Waals surface area contributed by atoms with E-state index in [1.54, 1.807) is 0 Å². The molecule has 1 saturated heterocycles. The van der Waals surface area contributed by atoms with Crippen LogP contribution in [0.2, 0.25) is 0 Å². The summed E-state index contributed by atoms with van der Waals surface area (Å²) in [5, 5.41) is 4.29. The largest absolute Gasteiger partial charge is 0.334 e. The smallest absolute Gasteiger partial charge is 0.254 e. The SMILES string of the molecule is Cc1cnn(-c2ccc(C(=O)N3CCCC[C@H]3[C@@H](C)N)cc2)c1. The van der Waals surface area contributed by atoms with Crippen molar-refractivity contribution in [1.82, 2.24) is 14.7 Å². The van der Waals surface area contributed by atoms with Crippen molar-refractivity contribution in [2.45, 2.75) is 45.2 Å². The summed E-state index contributed by atoms with van der Waals surface area (Å²) in [5.41, 5.74) is 8.85. The third-order valence-electron chi connectivity index (χ3n) is 4.51. The molecule has 0 bridgehead atoms. The van der Waals surface area contributed by atoms with Crippen LogP contribution >= 0.6 is 0 Å². The number of amides is 1. The second kappa shape index (κ2) is 6.54. The van der Waals surface area contributed by atoms with Crippen molar-refractivity contribution in [3.05, 3.63) is 47.8 Å². The molecule has 23 heavy (non-hydrogen) atoms. The molecular formula is C18H24N4O. The van der Waals surface area contributed by atoms with Gasteiger partial charge in [-0.05, 0) is 62.9 Å². The van der Waals surface area contributed by atoms with Crippen LogP contribution in [0.25, 0.3) is 5.69 Å². The van der Waals surface area contributed by atoms with Gasteiger partial charge in [0.2, 0.25) is 0 Å². The van der Waals surface area contributed by atoms with Crippen LogP contribution in [0.1, 0.15) is 42.1 Å². The number of likely N-dealkylation sites (tertiary alicyclic amines) is 1. The Kier molecular flexibility index (Phi) is 4.48. The highest BCUT2D eigenvalue weighted by atomic mass is 16.2. The summed E-state index contributed by atoms with van der Waals surface area (Å²) in [7, 11) is 0. The Labute approximate surface area is 137 Å². The van der Waals surface area contributed by atoms with E-state index < -0.39 is 0 Å². The molecule has 2 aromatic rings. The van der Waals surface area contributed by atoms with Gasteiger partial charge in [0.15, 0.2) is 0 Å². The van der Waals surface area contributed by atoms with Crippen molar-refractivity contribution in [2.24, 2.45) is 5.73 Å². The van der Waals surface area contributed by atoms with Crippen LogP contribution in [-0.4, -0.2) is 39.2 Å². The summed E-state index contributed by atoms with van der Waals surface area (Å²) in [4.78, 5) is 14.8. The number of hydrogen-bond acceptors (Lipinski definition) is 3. The van der Waals surface area contributed by atoms with Crippen molar-refractivity contribution in [2.75, 3.05) is 6.54 Å². The standard InChI is InChI=1S/C18H24N4O/c1-13-11-20-22(12-13)16-8-6-15(7-9-16)18(23)21-10-4-3-5-17(21)14(2)19/h6-9,11-12,14,17H,3-5,10,19H2,1-2H3/t14-,17+/m1/s1. The Morgan fingerprint density at radius 2 is 2.04 bits per heavy atom. The minimum Gasteiger partial charge on any atom is -0.334 e. The number of nitrogens with two attached hydrogens (primary N) is 1. The first-order valence-corrected chi connectivity index (χ1v) is 8.24. The van der Waals surface area contributed by atoms with Gasteiger partial charge >= 0.3 is 0 Å². The molecule has 1 aliphatic heterocycles. The molecule has 0 spiro atoms. The van der Waals surface area contributed by atoms with E-state index in [-0.39, 0.29) is 18.0 Å². The maximum Gasteiger partial charge on any atom is 0.254 e. The zero-order valence-electron chi connectivity index (χ0n) is 13.8. The lowest BCUT2D eigenvalue weighted by Crippen LogP contribution is -2.51. The lowest BCUT2D eigenvalue weighted by atomic mass is 9.96. The molecule has 2 heterocycles. The van der Waals surface area contributed by atoms with Crippen LogP contribution in [0.4, 0.5) is 0 Å². The number of nitrogens with zero attached hydrogens (tertiary/aromatic N) is 3. The highest BCUT2D eigenvalue weighted by Gasteiger charge is 2.29. The first kappa shape index (κ1) is 15.7. The van der Waals surface area contributed by atoms with E-state index in [1.165, 1.54) is 0 Å². The Bertz CT molecular complexity index is 675. The monoisotopic (exact) mass is 312 g/mol. The molecular weight excluding hydrogens is 288 g/mol. The van der Waals surface area contributed by atoms with Gasteiger partial charge in [-0.15, -0.1) is 0 Å². The molecule has 1 amide bonds. The van der Waals surface area contributed by atoms with E-state index in [0.29, 0.717) is 5.56 Å². The average molecular weight is 312 g/mol. The lowest BCUT2D eigenvalue weighted by Gasteiger charge is -2.38. The zero-order chi connectivity index (χ0) is 16.4. The first-order chi connectivity index (χ1) is 11.1. The maximum absolute atomic E-state index is 12.8. The molecule has 2 atom stereocenters. The normalized spacial score (nSPS) is 19.6. The number of hydrogen-bond donors (Lipinski definition) is 1. The molecule has 5 nitrogen and oxygen atoms in total. The summed E-state index contributed by atoms with van der Waals surface area (Å²) >= 11 is 0. The second-order valence-corrected chi connectivity index (χ2v) is 6.43. The molecule has 122 valence electrons. The fraction of sp³-hybridized carbons (Fsp3) is 0.444. The van der Waals surface area contributed by atoms with Gasteiger partial charge in [-0.25, -0.2) is 4.68 Å². The number of aryl methyl sites for hydroxylation is 1. The first-order valence-electron chi connectivity index (χ1n) is 8.24. The van der Waals surface area contributed by atoms with Crippen molar-refractivity contribution in [1.29, 1.82) is 0 Å². The van der Waals surface area contributed by atoms with Gasteiger partial charge in [-0.1, -0.05) is 0 Å². The topological polar surface area (TPSA) is 64.2 Å². The molecule has 1 aliphatic rings.